The van der Waals surface area contributed by atoms with Gasteiger partial charge in [0.1, 0.15) is 0 Å². The van der Waals surface area contributed by atoms with Crippen molar-refractivity contribution in [2.45, 2.75) is 52.3 Å². The van der Waals surface area contributed by atoms with Crippen molar-refractivity contribution in [3.8, 4) is 0 Å². The molecular weight excluding hydrogens is 320 g/mol. The van der Waals surface area contributed by atoms with Gasteiger partial charge in [0.15, 0.2) is 0 Å². The van der Waals surface area contributed by atoms with Crippen LogP contribution in [0.1, 0.15) is 40.5 Å². The minimum atomic E-state index is -4.15. The maximum atomic E-state index is 12.3. The predicted octanol–water partition coefficient (Wildman–Crippen LogP) is 2.93. The summed E-state index contributed by atoms with van der Waals surface area (Å²) in [7, 11) is 0. The zero-order chi connectivity index (χ0) is 13.0. The van der Waals surface area contributed by atoms with E-state index < -0.39 is 12.7 Å². The van der Waals surface area contributed by atoms with Gasteiger partial charge in [-0.3, -0.25) is 0 Å². The van der Waals surface area contributed by atoms with E-state index in [0.717, 1.165) is 6.42 Å². The maximum absolute atomic E-state index is 12.3. The van der Waals surface area contributed by atoms with Crippen LogP contribution in [0.4, 0.5) is 13.2 Å². The Bertz CT molecular complexity index is 243. The van der Waals surface area contributed by atoms with Crippen molar-refractivity contribution in [1.29, 1.82) is 0 Å². The first-order valence-electron chi connectivity index (χ1n) is 5.23. The zero-order valence-corrected chi connectivity index (χ0v) is 13.5. The molecule has 2 radical (unpaired) electrons. The molecule has 0 aromatic heterocycles. The molecule has 0 amide bonds. The molecule has 0 aliphatic rings. The van der Waals surface area contributed by atoms with Gasteiger partial charge in [0.05, 0.1) is 0 Å². The summed E-state index contributed by atoms with van der Waals surface area (Å²) in [4.78, 5) is 4.36. The van der Waals surface area contributed by atoms with Crippen LogP contribution >= 0.6 is 0 Å². The van der Waals surface area contributed by atoms with E-state index in [0.29, 0.717) is 36.9 Å². The molecule has 0 fully saturated rings. The van der Waals surface area contributed by atoms with Crippen molar-refractivity contribution in [3.05, 3.63) is 0 Å². The van der Waals surface area contributed by atoms with Crippen molar-refractivity contribution in [2.24, 2.45) is 4.99 Å². The van der Waals surface area contributed by atoms with Crippen molar-refractivity contribution in [3.63, 3.8) is 0 Å². The van der Waals surface area contributed by atoms with Crippen molar-refractivity contribution in [1.82, 2.24) is 2.89 Å². The molecule has 0 N–H and O–H groups in total. The summed E-state index contributed by atoms with van der Waals surface area (Å²) in [5, 5.41) is 0. The number of alkyl halides is 3. The van der Waals surface area contributed by atoms with E-state index >= 15 is 0 Å². The van der Waals surface area contributed by atoms with Gasteiger partial charge in [-0.15, -0.1) is 0 Å². The molecule has 0 atom stereocenters. The van der Waals surface area contributed by atoms with Crippen LogP contribution in [-0.2, 0) is 0 Å². The molecule has 0 spiro atoms. The van der Waals surface area contributed by atoms with Crippen LogP contribution in [0.25, 0.3) is 0 Å². The average Bonchev–Trinajstić information content (AvgIpc) is 1.97. The van der Waals surface area contributed by atoms with Crippen LogP contribution < -0.4 is 0 Å². The summed E-state index contributed by atoms with van der Waals surface area (Å²) in [6, 6.07) is 0. The Morgan fingerprint density at radius 1 is 1.25 bits per heavy atom. The molecule has 16 heavy (non-hydrogen) atoms. The molecular formula is C10H18F3InN2. The Morgan fingerprint density at radius 2 is 1.75 bits per heavy atom. The number of hydrogen-bond donors (Lipinski definition) is 0. The number of hydrogen-bond acceptors (Lipinski definition) is 1. The number of amidine groups is 1. The van der Waals surface area contributed by atoms with Gasteiger partial charge in [-0.1, -0.05) is 0 Å². The fraction of sp³-hybridized carbons (Fsp3) is 0.900. The Hall–Kier alpha value is 0.130. The van der Waals surface area contributed by atoms with Gasteiger partial charge in [-0.05, 0) is 0 Å². The van der Waals surface area contributed by atoms with Crippen molar-refractivity contribution in [2.75, 3.05) is 6.54 Å². The summed E-state index contributed by atoms with van der Waals surface area (Å²) in [6.07, 6.45) is -2.73. The van der Waals surface area contributed by atoms with E-state index in [2.05, 4.69) is 4.99 Å². The first-order chi connectivity index (χ1) is 7.05. The van der Waals surface area contributed by atoms with Gasteiger partial charge >= 0.3 is 110 Å². The minimum absolute atomic E-state index is 0.322. The molecule has 2 nitrogen and oxygen atoms in total. The molecule has 0 saturated carbocycles. The van der Waals surface area contributed by atoms with E-state index in [1.54, 1.807) is 0 Å². The van der Waals surface area contributed by atoms with Crippen molar-refractivity contribution >= 4 is 30.5 Å². The van der Waals surface area contributed by atoms with Crippen LogP contribution in [0.3, 0.4) is 0 Å². The third kappa shape index (κ3) is 8.30. The van der Waals surface area contributed by atoms with Crippen LogP contribution in [0, 0.1) is 0 Å². The SMILES string of the molecule is CCCC(=NC(C)(C)C)[N]([In])CC(F)(F)F. The van der Waals surface area contributed by atoms with Crippen LogP contribution in [0.5, 0.6) is 0 Å². The van der Waals surface area contributed by atoms with Crippen LogP contribution in [0.15, 0.2) is 4.99 Å². The topological polar surface area (TPSA) is 15.6 Å². The van der Waals surface area contributed by atoms with Gasteiger partial charge in [-0.2, -0.15) is 0 Å². The summed E-state index contributed by atoms with van der Waals surface area (Å²) in [5.41, 5.74) is -0.322. The molecule has 0 bridgehead atoms. The molecule has 0 aliphatic carbocycles. The average molecular weight is 338 g/mol. The van der Waals surface area contributed by atoms with Gasteiger partial charge < -0.3 is 0 Å². The Kier molecular flexibility index (Phi) is 6.22. The number of halogens is 3. The number of nitrogens with zero attached hydrogens (tertiary/aromatic N) is 2. The van der Waals surface area contributed by atoms with E-state index in [-0.39, 0.29) is 5.54 Å². The Labute approximate surface area is 110 Å². The number of rotatable bonds is 3. The first kappa shape index (κ1) is 16.1. The van der Waals surface area contributed by atoms with E-state index in [1.165, 1.54) is 2.89 Å². The Morgan fingerprint density at radius 3 is 2.06 bits per heavy atom. The predicted molar refractivity (Wildman–Crippen MR) is 60.6 cm³/mol. The first-order valence-corrected chi connectivity index (χ1v) is 6.70. The summed E-state index contributed by atoms with van der Waals surface area (Å²) in [5.74, 6) is 0.578. The van der Waals surface area contributed by atoms with Crippen molar-refractivity contribution < 1.29 is 13.2 Å². The van der Waals surface area contributed by atoms with Crippen LogP contribution in [-0.4, -0.2) is 51.6 Å². The molecule has 92 valence electrons. The molecule has 0 rings (SSSR count). The molecule has 0 unspecified atom stereocenters. The standard InChI is InChI=1S/C10H18F3N2.In/c1-5-6-8(15-9(2,3)4)14-7-10(11,12)13;/h5-7H2,1-4H3;/q-1;+1. The summed E-state index contributed by atoms with van der Waals surface area (Å²) in [6.45, 7) is 6.74. The molecule has 0 saturated heterocycles. The van der Waals surface area contributed by atoms with Gasteiger partial charge in [0.25, 0.3) is 0 Å². The monoisotopic (exact) mass is 338 g/mol. The molecule has 0 aromatic carbocycles. The second-order valence-corrected chi connectivity index (χ2v) is 6.47. The third-order valence-corrected chi connectivity index (χ3v) is 2.99. The molecule has 0 aromatic rings. The van der Waals surface area contributed by atoms with Crippen LogP contribution in [0.2, 0.25) is 0 Å². The summed E-state index contributed by atoms with van der Waals surface area (Å²) < 4.78 is 38.1. The quantitative estimate of drug-likeness (QED) is 0.571. The molecule has 0 aliphatic heterocycles. The summed E-state index contributed by atoms with van der Waals surface area (Å²) >= 11 is 0.413. The third-order valence-electron chi connectivity index (χ3n) is 1.62. The van der Waals surface area contributed by atoms with Gasteiger partial charge in [0, 0.05) is 0 Å². The molecule has 6 heteroatoms. The van der Waals surface area contributed by atoms with E-state index in [4.69, 9.17) is 0 Å². The second-order valence-electron chi connectivity index (χ2n) is 4.69. The fourth-order valence-electron chi connectivity index (χ4n) is 1.16. The number of aliphatic imine (C=N–C) groups is 1. The van der Waals surface area contributed by atoms with Gasteiger partial charge in [0.2, 0.25) is 0 Å². The zero-order valence-electron chi connectivity index (χ0n) is 10.2. The van der Waals surface area contributed by atoms with Gasteiger partial charge in [-0.25, -0.2) is 0 Å². The van der Waals surface area contributed by atoms with E-state index in [1.807, 2.05) is 27.7 Å². The second kappa shape index (κ2) is 6.17. The Balaban J connectivity index is 4.72. The van der Waals surface area contributed by atoms with E-state index in [9.17, 15) is 13.2 Å². The fourth-order valence-corrected chi connectivity index (χ4v) is 2.28. The molecule has 0 heterocycles. The normalized spacial score (nSPS) is 14.1.